The fourth-order valence-corrected chi connectivity index (χ4v) is 2.53. The number of carbonyl (C=O) groups excluding carboxylic acids is 1. The summed E-state index contributed by atoms with van der Waals surface area (Å²) in [6, 6.07) is 0. The van der Waals surface area contributed by atoms with Crippen LogP contribution < -0.4 is 0 Å². The van der Waals surface area contributed by atoms with E-state index >= 15 is 0 Å². The molecule has 24 heavy (non-hydrogen) atoms. The fraction of sp³-hybridized carbons (Fsp3) is 0.632. The van der Waals surface area contributed by atoms with Crippen molar-refractivity contribution in [2.75, 3.05) is 14.2 Å². The van der Waals surface area contributed by atoms with Crippen LogP contribution in [0.4, 0.5) is 0 Å². The minimum absolute atomic E-state index is 0.00751. The number of hydrogen-bond donors (Lipinski definition) is 0. The first-order chi connectivity index (χ1) is 11.5. The van der Waals surface area contributed by atoms with Gasteiger partial charge in [0.2, 0.25) is 0 Å². The standard InChI is InChI=1S/C19H31IO4/c1-16(24-17(2)21)11-8-6-5-7-9-12-18(22-3)15-19(23-4)13-10-14-20/h5,7,9-10,12,14,16,18-19H,6,8,11,13,15H2,1-4H3/b7-5+,12-9+,14-10-/t16-,18+,19+/m1/s1. The minimum Gasteiger partial charge on any atom is -0.463 e. The van der Waals surface area contributed by atoms with E-state index in [1.165, 1.54) is 6.92 Å². The maximum atomic E-state index is 10.8. The molecule has 0 spiro atoms. The number of unbranched alkanes of at least 4 members (excludes halogenated alkanes) is 1. The Kier molecular flexibility index (Phi) is 15.4. The second-order valence-electron chi connectivity index (χ2n) is 5.63. The molecule has 0 N–H and O–H groups in total. The van der Waals surface area contributed by atoms with Crippen LogP contribution in [0.15, 0.2) is 34.5 Å². The zero-order valence-corrected chi connectivity index (χ0v) is 17.4. The predicted molar refractivity (Wildman–Crippen MR) is 107 cm³/mol. The van der Waals surface area contributed by atoms with Crippen LogP contribution >= 0.6 is 22.6 Å². The lowest BCUT2D eigenvalue weighted by molar-refractivity contribution is -0.145. The summed E-state index contributed by atoms with van der Waals surface area (Å²) in [6.45, 7) is 3.37. The first kappa shape index (κ1) is 23.3. The van der Waals surface area contributed by atoms with Gasteiger partial charge < -0.3 is 14.2 Å². The van der Waals surface area contributed by atoms with Gasteiger partial charge in [0.15, 0.2) is 0 Å². The molecule has 0 radical (unpaired) electrons. The van der Waals surface area contributed by atoms with E-state index in [2.05, 4.69) is 40.8 Å². The lowest BCUT2D eigenvalue weighted by atomic mass is 10.1. The van der Waals surface area contributed by atoms with Crippen LogP contribution in [0.3, 0.4) is 0 Å². The molecule has 0 saturated heterocycles. The second-order valence-corrected chi connectivity index (χ2v) is 6.35. The highest BCUT2D eigenvalue weighted by Crippen LogP contribution is 2.12. The maximum Gasteiger partial charge on any atom is 0.302 e. The predicted octanol–water partition coefficient (Wildman–Crippen LogP) is 4.98. The van der Waals surface area contributed by atoms with Gasteiger partial charge in [-0.3, -0.25) is 4.79 Å². The summed E-state index contributed by atoms with van der Waals surface area (Å²) >= 11 is 2.21. The Morgan fingerprint density at radius 1 is 1.17 bits per heavy atom. The molecule has 0 aliphatic heterocycles. The SMILES string of the molecule is CO[C@@H](C/C=C\I)C[C@H](/C=C/C=C/CCC[C@@H](C)OC(C)=O)OC. The molecule has 4 nitrogen and oxygen atoms in total. The monoisotopic (exact) mass is 450 g/mol. The molecule has 0 aliphatic rings. The maximum absolute atomic E-state index is 10.8. The molecule has 3 atom stereocenters. The average molecular weight is 450 g/mol. The van der Waals surface area contributed by atoms with E-state index in [0.717, 1.165) is 32.1 Å². The van der Waals surface area contributed by atoms with Gasteiger partial charge in [-0.25, -0.2) is 0 Å². The fourth-order valence-electron chi connectivity index (χ4n) is 2.23. The number of carbonyl (C=O) groups is 1. The van der Waals surface area contributed by atoms with E-state index in [-0.39, 0.29) is 24.3 Å². The lowest BCUT2D eigenvalue weighted by Gasteiger charge is -2.18. The molecule has 0 fully saturated rings. The number of rotatable bonds is 13. The van der Waals surface area contributed by atoms with E-state index in [0.29, 0.717) is 0 Å². The molecule has 0 aliphatic carbocycles. The quantitative estimate of drug-likeness (QED) is 0.172. The number of halogens is 1. The van der Waals surface area contributed by atoms with Crippen LogP contribution in [-0.4, -0.2) is 38.5 Å². The average Bonchev–Trinajstić information content (AvgIpc) is 2.55. The van der Waals surface area contributed by atoms with Crippen molar-refractivity contribution in [2.45, 2.75) is 64.3 Å². The Morgan fingerprint density at radius 2 is 1.92 bits per heavy atom. The highest BCUT2D eigenvalue weighted by molar-refractivity contribution is 14.1. The van der Waals surface area contributed by atoms with Crippen LogP contribution in [0, 0.1) is 0 Å². The Morgan fingerprint density at radius 3 is 2.50 bits per heavy atom. The third kappa shape index (κ3) is 13.7. The number of ether oxygens (including phenoxy) is 3. The van der Waals surface area contributed by atoms with Gasteiger partial charge in [-0.05, 0) is 36.7 Å². The van der Waals surface area contributed by atoms with E-state index < -0.39 is 0 Å². The summed E-state index contributed by atoms with van der Waals surface area (Å²) in [5.41, 5.74) is 0. The lowest BCUT2D eigenvalue weighted by Crippen LogP contribution is -2.19. The number of allylic oxidation sites excluding steroid dienone is 3. The first-order valence-electron chi connectivity index (χ1n) is 8.34. The van der Waals surface area contributed by atoms with Crippen molar-refractivity contribution in [1.82, 2.24) is 0 Å². The van der Waals surface area contributed by atoms with Crippen molar-refractivity contribution in [3.63, 3.8) is 0 Å². The third-order valence-electron chi connectivity index (χ3n) is 3.54. The number of esters is 1. The van der Waals surface area contributed by atoms with Gasteiger partial charge in [-0.1, -0.05) is 53.0 Å². The molecule has 0 rings (SSSR count). The second kappa shape index (κ2) is 15.8. The van der Waals surface area contributed by atoms with Crippen molar-refractivity contribution in [2.24, 2.45) is 0 Å². The van der Waals surface area contributed by atoms with Crippen molar-refractivity contribution < 1.29 is 19.0 Å². The topological polar surface area (TPSA) is 44.8 Å². The molecule has 0 unspecified atom stereocenters. The van der Waals surface area contributed by atoms with Crippen molar-refractivity contribution >= 4 is 28.6 Å². The van der Waals surface area contributed by atoms with E-state index in [1.807, 2.05) is 23.2 Å². The zero-order valence-electron chi connectivity index (χ0n) is 15.2. The molecule has 138 valence electrons. The molecule has 0 aromatic rings. The summed E-state index contributed by atoms with van der Waals surface area (Å²) < 4.78 is 18.1. The molecule has 0 amide bonds. The molecule has 0 bridgehead atoms. The third-order valence-corrected chi connectivity index (χ3v) is 4.05. The summed E-state index contributed by atoms with van der Waals surface area (Å²) in [4.78, 5) is 10.8. The van der Waals surface area contributed by atoms with Gasteiger partial charge in [0.1, 0.15) is 0 Å². The summed E-state index contributed by atoms with van der Waals surface area (Å²) in [5, 5.41) is 0. The van der Waals surface area contributed by atoms with Gasteiger partial charge in [0, 0.05) is 27.6 Å². The molecular weight excluding hydrogens is 419 g/mol. The highest BCUT2D eigenvalue weighted by atomic mass is 127. The van der Waals surface area contributed by atoms with Gasteiger partial charge in [-0.2, -0.15) is 0 Å². The van der Waals surface area contributed by atoms with E-state index in [9.17, 15) is 4.79 Å². The van der Waals surface area contributed by atoms with Crippen LogP contribution in [-0.2, 0) is 19.0 Å². The van der Waals surface area contributed by atoms with Crippen LogP contribution in [0.25, 0.3) is 0 Å². The zero-order chi connectivity index (χ0) is 18.2. The molecular formula is C19H31IO4. The highest BCUT2D eigenvalue weighted by Gasteiger charge is 2.12. The van der Waals surface area contributed by atoms with Crippen LogP contribution in [0.1, 0.15) is 46.0 Å². The van der Waals surface area contributed by atoms with Crippen molar-refractivity contribution in [3.8, 4) is 0 Å². The first-order valence-corrected chi connectivity index (χ1v) is 9.59. The smallest absolute Gasteiger partial charge is 0.302 e. The van der Waals surface area contributed by atoms with E-state index in [1.54, 1.807) is 14.2 Å². The molecule has 5 heteroatoms. The molecule has 0 saturated carbocycles. The normalized spacial score (nSPS) is 16.0. The van der Waals surface area contributed by atoms with Gasteiger partial charge in [0.25, 0.3) is 0 Å². The van der Waals surface area contributed by atoms with Crippen LogP contribution in [0.2, 0.25) is 0 Å². The minimum atomic E-state index is -0.213. The van der Waals surface area contributed by atoms with Crippen molar-refractivity contribution in [3.05, 3.63) is 34.5 Å². The molecule has 0 aromatic carbocycles. The Hall–Kier alpha value is -0.660. The Bertz CT molecular complexity index is 404. The molecule has 0 heterocycles. The Balaban J connectivity index is 4.05. The summed E-state index contributed by atoms with van der Waals surface area (Å²) in [6.07, 6.45) is 15.1. The van der Waals surface area contributed by atoms with Crippen molar-refractivity contribution in [1.29, 1.82) is 0 Å². The van der Waals surface area contributed by atoms with E-state index in [4.69, 9.17) is 14.2 Å². The molecule has 0 aromatic heterocycles. The number of methoxy groups -OCH3 is 2. The van der Waals surface area contributed by atoms with Gasteiger partial charge in [-0.15, -0.1) is 0 Å². The largest absolute Gasteiger partial charge is 0.463 e. The summed E-state index contributed by atoms with van der Waals surface area (Å²) in [7, 11) is 3.45. The van der Waals surface area contributed by atoms with Crippen LogP contribution in [0.5, 0.6) is 0 Å². The Labute approximate surface area is 160 Å². The number of hydrogen-bond acceptors (Lipinski definition) is 4. The summed E-state index contributed by atoms with van der Waals surface area (Å²) in [5.74, 6) is -0.213. The van der Waals surface area contributed by atoms with Gasteiger partial charge in [0.05, 0.1) is 18.3 Å². The van der Waals surface area contributed by atoms with Gasteiger partial charge >= 0.3 is 5.97 Å².